The summed E-state index contributed by atoms with van der Waals surface area (Å²) in [4.78, 5) is 21.2. The first kappa shape index (κ1) is 18.2. The second-order valence-corrected chi connectivity index (χ2v) is 7.98. The average molecular weight is 377 g/mol. The first-order chi connectivity index (χ1) is 13.3. The fraction of sp³-hybridized carbons (Fsp3) is 0.304. The van der Waals surface area contributed by atoms with E-state index < -0.39 is 0 Å². The van der Waals surface area contributed by atoms with E-state index in [1.165, 1.54) is 10.9 Å². The minimum absolute atomic E-state index is 0.0787. The molecule has 0 amide bonds. The number of piperidine rings is 1. The second kappa shape index (κ2) is 8.24. The van der Waals surface area contributed by atoms with Crippen LogP contribution in [-0.4, -0.2) is 35.0 Å². The van der Waals surface area contributed by atoms with Crippen molar-refractivity contribution in [3.63, 3.8) is 0 Å². The van der Waals surface area contributed by atoms with Crippen LogP contribution in [0.2, 0.25) is 0 Å². The van der Waals surface area contributed by atoms with Crippen molar-refractivity contribution < 1.29 is 4.79 Å². The topological polar surface area (TPSA) is 33.2 Å². The highest BCUT2D eigenvalue weighted by Crippen LogP contribution is 2.28. The Balaban J connectivity index is 1.52. The first-order valence-electron chi connectivity index (χ1n) is 9.48. The van der Waals surface area contributed by atoms with Gasteiger partial charge in [0.1, 0.15) is 0 Å². The minimum atomic E-state index is 0.0787. The highest BCUT2D eigenvalue weighted by molar-refractivity contribution is 7.98. The summed E-state index contributed by atoms with van der Waals surface area (Å²) in [6.45, 7) is 2.71. The number of carbonyl (C=O) groups excluding carboxylic acids is 1. The van der Waals surface area contributed by atoms with Gasteiger partial charge >= 0.3 is 0 Å². The molecule has 0 saturated carbocycles. The van der Waals surface area contributed by atoms with E-state index in [-0.39, 0.29) is 5.92 Å². The summed E-state index contributed by atoms with van der Waals surface area (Å²) in [5.41, 5.74) is 3.19. The fourth-order valence-electron chi connectivity index (χ4n) is 4.02. The van der Waals surface area contributed by atoms with Gasteiger partial charge in [-0.3, -0.25) is 14.7 Å². The third-order valence-electron chi connectivity index (χ3n) is 5.36. The quantitative estimate of drug-likeness (QED) is 0.461. The van der Waals surface area contributed by atoms with Crippen LogP contribution >= 0.6 is 11.8 Å². The molecule has 1 aliphatic rings. The van der Waals surface area contributed by atoms with Crippen molar-refractivity contribution in [3.8, 4) is 0 Å². The number of nitrogens with zero attached hydrogens (tertiary/aromatic N) is 2. The molecule has 1 aliphatic heterocycles. The van der Waals surface area contributed by atoms with E-state index >= 15 is 0 Å². The Morgan fingerprint density at radius 3 is 2.89 bits per heavy atom. The van der Waals surface area contributed by atoms with Gasteiger partial charge in [-0.15, -0.1) is 11.8 Å². The number of ketones is 1. The molecule has 3 aromatic rings. The van der Waals surface area contributed by atoms with Crippen LogP contribution in [0.5, 0.6) is 0 Å². The van der Waals surface area contributed by atoms with Crippen LogP contribution < -0.4 is 0 Å². The molecule has 0 bridgehead atoms. The van der Waals surface area contributed by atoms with E-state index in [1.54, 1.807) is 11.8 Å². The van der Waals surface area contributed by atoms with Gasteiger partial charge in [0.15, 0.2) is 5.78 Å². The zero-order valence-electron chi connectivity index (χ0n) is 15.6. The Morgan fingerprint density at radius 2 is 2.00 bits per heavy atom. The summed E-state index contributed by atoms with van der Waals surface area (Å²) >= 11 is 1.65. The molecule has 1 saturated heterocycles. The SMILES string of the molecule is CSc1ccccc1C(=O)[C@@H]1CCCN(Cc2cccc3cccnc23)C1. The van der Waals surface area contributed by atoms with E-state index in [2.05, 4.69) is 34.1 Å². The van der Waals surface area contributed by atoms with Crippen LogP contribution in [0.1, 0.15) is 28.8 Å². The highest BCUT2D eigenvalue weighted by atomic mass is 32.2. The lowest BCUT2D eigenvalue weighted by Crippen LogP contribution is -2.38. The third kappa shape index (κ3) is 3.92. The maximum atomic E-state index is 13.1. The summed E-state index contributed by atoms with van der Waals surface area (Å²) in [6, 6.07) is 18.4. The Kier molecular flexibility index (Phi) is 5.55. The van der Waals surface area contributed by atoms with Gasteiger partial charge in [-0.25, -0.2) is 0 Å². The van der Waals surface area contributed by atoms with Gasteiger partial charge in [0.05, 0.1) is 5.52 Å². The van der Waals surface area contributed by atoms with Crippen molar-refractivity contribution in [2.45, 2.75) is 24.3 Å². The zero-order chi connectivity index (χ0) is 18.6. The molecule has 2 aromatic carbocycles. The van der Waals surface area contributed by atoms with Gasteiger partial charge in [-0.2, -0.15) is 0 Å². The number of likely N-dealkylation sites (tertiary alicyclic amines) is 1. The van der Waals surface area contributed by atoms with Crippen molar-refractivity contribution >= 4 is 28.4 Å². The van der Waals surface area contributed by atoms with Crippen molar-refractivity contribution in [1.82, 2.24) is 9.88 Å². The predicted octanol–water partition coefficient (Wildman–Crippen LogP) is 5.05. The Bertz CT molecular complexity index is 951. The van der Waals surface area contributed by atoms with Crippen LogP contribution in [0.4, 0.5) is 0 Å². The summed E-state index contributed by atoms with van der Waals surface area (Å²) in [5, 5.41) is 1.17. The number of para-hydroxylation sites is 1. The van der Waals surface area contributed by atoms with Gasteiger partial charge in [0, 0.05) is 41.0 Å². The van der Waals surface area contributed by atoms with Crippen molar-refractivity contribution in [2.24, 2.45) is 5.92 Å². The van der Waals surface area contributed by atoms with Gasteiger partial charge in [0.25, 0.3) is 0 Å². The van der Waals surface area contributed by atoms with Crippen LogP contribution in [-0.2, 0) is 6.54 Å². The van der Waals surface area contributed by atoms with Gasteiger partial charge in [0.2, 0.25) is 0 Å². The predicted molar refractivity (Wildman–Crippen MR) is 112 cm³/mol. The van der Waals surface area contributed by atoms with Crippen LogP contribution in [0.3, 0.4) is 0 Å². The number of thioether (sulfide) groups is 1. The summed E-state index contributed by atoms with van der Waals surface area (Å²) in [6.07, 6.45) is 5.93. The van der Waals surface area contributed by atoms with E-state index in [1.807, 2.05) is 42.8 Å². The molecule has 0 unspecified atom stereocenters. The Labute approximate surface area is 164 Å². The largest absolute Gasteiger partial charge is 0.298 e. The van der Waals surface area contributed by atoms with Crippen molar-refractivity contribution in [2.75, 3.05) is 19.3 Å². The smallest absolute Gasteiger partial charge is 0.168 e. The molecular formula is C23H24N2OS. The van der Waals surface area contributed by atoms with E-state index in [0.29, 0.717) is 5.78 Å². The minimum Gasteiger partial charge on any atom is -0.298 e. The summed E-state index contributed by atoms with van der Waals surface area (Å²) < 4.78 is 0. The number of carbonyl (C=O) groups is 1. The molecule has 0 spiro atoms. The number of pyridine rings is 1. The third-order valence-corrected chi connectivity index (χ3v) is 6.15. The lowest BCUT2D eigenvalue weighted by atomic mass is 9.89. The lowest BCUT2D eigenvalue weighted by molar-refractivity contribution is 0.0809. The molecule has 0 N–H and O–H groups in total. The molecule has 27 heavy (non-hydrogen) atoms. The number of rotatable bonds is 5. The lowest BCUT2D eigenvalue weighted by Gasteiger charge is -2.32. The van der Waals surface area contributed by atoms with E-state index in [4.69, 9.17) is 0 Å². The van der Waals surface area contributed by atoms with Gasteiger partial charge in [-0.05, 0) is 43.3 Å². The Hall–Kier alpha value is -2.17. The molecule has 3 nitrogen and oxygen atoms in total. The zero-order valence-corrected chi connectivity index (χ0v) is 16.4. The normalized spacial score (nSPS) is 17.9. The molecule has 138 valence electrons. The molecule has 0 aliphatic carbocycles. The number of aromatic nitrogens is 1. The number of benzene rings is 2. The van der Waals surface area contributed by atoms with Crippen molar-refractivity contribution in [3.05, 3.63) is 71.9 Å². The molecule has 2 heterocycles. The average Bonchev–Trinajstić information content (AvgIpc) is 2.73. The summed E-state index contributed by atoms with van der Waals surface area (Å²) in [5.74, 6) is 0.371. The number of hydrogen-bond acceptors (Lipinski definition) is 4. The van der Waals surface area contributed by atoms with Crippen LogP contribution in [0.15, 0.2) is 65.7 Å². The molecule has 4 rings (SSSR count). The standard InChI is InChI=1S/C23H24N2OS/c1-27-21-12-3-2-11-20(21)23(26)19-10-6-14-25(16-19)15-18-8-4-7-17-9-5-13-24-22(17)18/h2-5,7-9,11-13,19H,6,10,14-16H2,1H3/t19-/m1/s1. The molecule has 1 atom stereocenters. The maximum absolute atomic E-state index is 13.1. The fourth-order valence-corrected chi connectivity index (χ4v) is 4.62. The van der Waals surface area contributed by atoms with Crippen molar-refractivity contribution in [1.29, 1.82) is 0 Å². The molecule has 1 fully saturated rings. The molecule has 1 aromatic heterocycles. The number of hydrogen-bond donors (Lipinski definition) is 0. The van der Waals surface area contributed by atoms with Gasteiger partial charge in [-0.1, -0.05) is 42.5 Å². The molecule has 4 heteroatoms. The first-order valence-corrected chi connectivity index (χ1v) is 10.7. The molecule has 0 radical (unpaired) electrons. The second-order valence-electron chi connectivity index (χ2n) is 7.13. The number of fused-ring (bicyclic) bond motifs is 1. The summed E-state index contributed by atoms with van der Waals surface area (Å²) in [7, 11) is 0. The Morgan fingerprint density at radius 1 is 1.15 bits per heavy atom. The number of Topliss-reactive ketones (excluding diaryl/α,β-unsaturated/α-hetero) is 1. The maximum Gasteiger partial charge on any atom is 0.168 e. The van der Waals surface area contributed by atoms with Crippen LogP contribution in [0.25, 0.3) is 10.9 Å². The molecular weight excluding hydrogens is 352 g/mol. The van der Waals surface area contributed by atoms with E-state index in [9.17, 15) is 4.79 Å². The van der Waals surface area contributed by atoms with Crippen LogP contribution in [0, 0.1) is 5.92 Å². The van der Waals surface area contributed by atoms with Gasteiger partial charge < -0.3 is 0 Å². The van der Waals surface area contributed by atoms with E-state index in [0.717, 1.165) is 48.5 Å². The highest BCUT2D eigenvalue weighted by Gasteiger charge is 2.28. The monoisotopic (exact) mass is 376 g/mol.